The second-order valence-electron chi connectivity index (χ2n) is 4.56. The Morgan fingerprint density at radius 1 is 1.35 bits per heavy atom. The third kappa shape index (κ3) is 4.99. The molecule has 0 spiro atoms. The normalized spacial score (nSPS) is 23.4. The van der Waals surface area contributed by atoms with E-state index in [1.54, 1.807) is 6.07 Å². The van der Waals surface area contributed by atoms with Gasteiger partial charge in [0.05, 0.1) is 11.9 Å². The number of hydrogen-bond donors (Lipinski definition) is 1. The molecule has 20 heavy (non-hydrogen) atoms. The lowest BCUT2D eigenvalue weighted by molar-refractivity contribution is -0.154. The van der Waals surface area contributed by atoms with Crippen LogP contribution in [0.4, 0.5) is 18.9 Å². The van der Waals surface area contributed by atoms with Crippen molar-refractivity contribution in [3.63, 3.8) is 0 Å². The van der Waals surface area contributed by atoms with Crippen LogP contribution in [0.2, 0.25) is 0 Å². The molecule has 0 aromatic carbocycles. The van der Waals surface area contributed by atoms with Crippen LogP contribution in [-0.2, 0) is 10.8 Å². The van der Waals surface area contributed by atoms with E-state index in [0.29, 0.717) is 11.5 Å². The molecule has 1 saturated heterocycles. The molecule has 0 bridgehead atoms. The van der Waals surface area contributed by atoms with Crippen LogP contribution in [0.1, 0.15) is 12.8 Å². The van der Waals surface area contributed by atoms with Gasteiger partial charge in [-0.25, -0.2) is 4.98 Å². The van der Waals surface area contributed by atoms with Gasteiger partial charge in [0.25, 0.3) is 0 Å². The molecule has 112 valence electrons. The maximum Gasteiger partial charge on any atom is 0.422 e. The van der Waals surface area contributed by atoms with Gasteiger partial charge in [-0.2, -0.15) is 13.2 Å². The monoisotopic (exact) mass is 308 g/mol. The van der Waals surface area contributed by atoms with E-state index in [2.05, 4.69) is 15.0 Å². The van der Waals surface area contributed by atoms with Gasteiger partial charge in [-0.3, -0.25) is 4.21 Å². The highest BCUT2D eigenvalue weighted by Crippen LogP contribution is 2.20. The van der Waals surface area contributed by atoms with Gasteiger partial charge in [0.15, 0.2) is 6.61 Å². The number of halogens is 3. The Bertz CT molecular complexity index is 455. The molecule has 1 aliphatic rings. The van der Waals surface area contributed by atoms with Gasteiger partial charge in [-0.05, 0) is 18.9 Å². The standard InChI is InChI=1S/C12H15F3N2O2S/c13-12(14,15)8-19-11-2-1-10(7-16-11)17-9-3-5-20(18)6-4-9/h1-2,7,9,17H,3-6,8H2. The minimum absolute atomic E-state index is 0.0578. The molecule has 1 aromatic rings. The molecule has 1 N–H and O–H groups in total. The average molecular weight is 308 g/mol. The van der Waals surface area contributed by atoms with E-state index < -0.39 is 23.6 Å². The summed E-state index contributed by atoms with van der Waals surface area (Å²) in [5.41, 5.74) is 0.724. The smallest absolute Gasteiger partial charge is 0.422 e. The highest BCUT2D eigenvalue weighted by atomic mass is 32.2. The number of hydrogen-bond acceptors (Lipinski definition) is 4. The Morgan fingerprint density at radius 2 is 2.05 bits per heavy atom. The van der Waals surface area contributed by atoms with E-state index in [1.807, 2.05) is 0 Å². The zero-order valence-corrected chi connectivity index (χ0v) is 11.5. The van der Waals surface area contributed by atoms with Crippen molar-refractivity contribution in [1.29, 1.82) is 0 Å². The molecule has 0 amide bonds. The number of pyridine rings is 1. The number of nitrogens with zero attached hydrogens (tertiary/aromatic N) is 1. The van der Waals surface area contributed by atoms with Crippen LogP contribution in [0, 0.1) is 0 Å². The van der Waals surface area contributed by atoms with Crippen LogP contribution in [0.5, 0.6) is 5.88 Å². The summed E-state index contributed by atoms with van der Waals surface area (Å²) in [6.45, 7) is -1.35. The fourth-order valence-electron chi connectivity index (χ4n) is 1.88. The molecule has 8 heteroatoms. The molecule has 0 radical (unpaired) electrons. The molecule has 4 nitrogen and oxygen atoms in total. The molecule has 0 aliphatic carbocycles. The highest BCUT2D eigenvalue weighted by molar-refractivity contribution is 7.85. The molecular formula is C12H15F3N2O2S. The average Bonchev–Trinajstić information content (AvgIpc) is 2.40. The maximum atomic E-state index is 12.0. The SMILES string of the molecule is O=S1CCC(Nc2ccc(OCC(F)(F)F)nc2)CC1. The summed E-state index contributed by atoms with van der Waals surface area (Å²) < 4.78 is 51.7. The van der Waals surface area contributed by atoms with Crippen molar-refractivity contribution in [2.45, 2.75) is 25.1 Å². The second kappa shape index (κ2) is 6.43. The van der Waals surface area contributed by atoms with Gasteiger partial charge in [-0.15, -0.1) is 0 Å². The zero-order chi connectivity index (χ0) is 14.6. The Kier molecular flexibility index (Phi) is 4.85. The maximum absolute atomic E-state index is 12.0. The topological polar surface area (TPSA) is 51.2 Å². The summed E-state index contributed by atoms with van der Waals surface area (Å²) >= 11 is 0. The first-order chi connectivity index (χ1) is 9.42. The zero-order valence-electron chi connectivity index (χ0n) is 10.7. The molecule has 1 fully saturated rings. The van der Waals surface area contributed by atoms with E-state index in [4.69, 9.17) is 0 Å². The summed E-state index contributed by atoms with van der Waals surface area (Å²) in [6.07, 6.45) is -1.29. The van der Waals surface area contributed by atoms with Crippen molar-refractivity contribution in [2.75, 3.05) is 23.4 Å². The van der Waals surface area contributed by atoms with Crippen molar-refractivity contribution in [1.82, 2.24) is 4.98 Å². The van der Waals surface area contributed by atoms with Gasteiger partial charge >= 0.3 is 6.18 Å². The van der Waals surface area contributed by atoms with Crippen molar-refractivity contribution in [3.8, 4) is 5.88 Å². The molecule has 0 saturated carbocycles. The second-order valence-corrected chi connectivity index (χ2v) is 6.25. The van der Waals surface area contributed by atoms with Crippen LogP contribution < -0.4 is 10.1 Å². The van der Waals surface area contributed by atoms with Gasteiger partial charge in [0, 0.05) is 34.4 Å². The molecule has 0 unspecified atom stereocenters. The lowest BCUT2D eigenvalue weighted by atomic mass is 10.1. The summed E-state index contributed by atoms with van der Waals surface area (Å²) in [5.74, 6) is 1.30. The highest BCUT2D eigenvalue weighted by Gasteiger charge is 2.28. The number of anilines is 1. The van der Waals surface area contributed by atoms with Crippen molar-refractivity contribution < 1.29 is 22.1 Å². The van der Waals surface area contributed by atoms with Crippen LogP contribution in [0.15, 0.2) is 18.3 Å². The van der Waals surface area contributed by atoms with E-state index in [9.17, 15) is 17.4 Å². The third-order valence-electron chi connectivity index (χ3n) is 2.88. The number of alkyl halides is 3. The minimum Gasteiger partial charge on any atom is -0.468 e. The van der Waals surface area contributed by atoms with Crippen LogP contribution in [-0.4, -0.2) is 39.5 Å². The molecule has 0 atom stereocenters. The summed E-state index contributed by atoms with van der Waals surface area (Å²) in [5, 5.41) is 3.23. The molecular weight excluding hydrogens is 293 g/mol. The van der Waals surface area contributed by atoms with Crippen molar-refractivity contribution >= 4 is 16.5 Å². The largest absolute Gasteiger partial charge is 0.468 e. The predicted octanol–water partition coefficient (Wildman–Crippen LogP) is 2.35. The molecule has 2 heterocycles. The number of ether oxygens (including phenoxy) is 1. The van der Waals surface area contributed by atoms with Crippen molar-refractivity contribution in [2.24, 2.45) is 0 Å². The Balaban J connectivity index is 1.83. The first-order valence-corrected chi connectivity index (χ1v) is 7.68. The Labute approximate surface area is 117 Å². The van der Waals surface area contributed by atoms with Gasteiger partial charge < -0.3 is 10.1 Å². The van der Waals surface area contributed by atoms with E-state index in [-0.39, 0.29) is 11.9 Å². The summed E-state index contributed by atoms with van der Waals surface area (Å²) in [4.78, 5) is 3.82. The van der Waals surface area contributed by atoms with Gasteiger partial charge in [-0.1, -0.05) is 0 Å². The fraction of sp³-hybridized carbons (Fsp3) is 0.583. The van der Waals surface area contributed by atoms with Crippen molar-refractivity contribution in [3.05, 3.63) is 18.3 Å². The third-order valence-corrected chi connectivity index (χ3v) is 4.26. The van der Waals surface area contributed by atoms with Gasteiger partial charge in [0.1, 0.15) is 0 Å². The molecule has 1 aliphatic heterocycles. The van der Waals surface area contributed by atoms with E-state index >= 15 is 0 Å². The van der Waals surface area contributed by atoms with Crippen LogP contribution in [0.3, 0.4) is 0 Å². The lowest BCUT2D eigenvalue weighted by Crippen LogP contribution is -2.29. The fourth-order valence-corrected chi connectivity index (χ4v) is 3.18. The number of rotatable bonds is 4. The predicted molar refractivity (Wildman–Crippen MR) is 70.3 cm³/mol. The lowest BCUT2D eigenvalue weighted by Gasteiger charge is -2.23. The van der Waals surface area contributed by atoms with E-state index in [1.165, 1.54) is 12.3 Å². The first-order valence-electron chi connectivity index (χ1n) is 6.19. The quantitative estimate of drug-likeness (QED) is 0.927. The summed E-state index contributed by atoms with van der Waals surface area (Å²) in [7, 11) is -0.716. The molecule has 1 aromatic heterocycles. The Morgan fingerprint density at radius 3 is 2.60 bits per heavy atom. The van der Waals surface area contributed by atoms with Gasteiger partial charge in [0.2, 0.25) is 5.88 Å². The number of nitrogens with one attached hydrogen (secondary N) is 1. The van der Waals surface area contributed by atoms with Crippen LogP contribution >= 0.6 is 0 Å². The summed E-state index contributed by atoms with van der Waals surface area (Å²) in [6, 6.07) is 3.26. The number of aromatic nitrogens is 1. The molecule has 2 rings (SSSR count). The first kappa shape index (κ1) is 15.1. The van der Waals surface area contributed by atoms with Crippen LogP contribution in [0.25, 0.3) is 0 Å². The van der Waals surface area contributed by atoms with E-state index in [0.717, 1.165) is 18.5 Å². The Hall–Kier alpha value is -1.31. The minimum atomic E-state index is -4.36.